The maximum absolute atomic E-state index is 12.0. The monoisotopic (exact) mass is 1080 g/mol. The fourth-order valence-corrected chi connectivity index (χ4v) is 9.06. The summed E-state index contributed by atoms with van der Waals surface area (Å²) in [7, 11) is 2.89. The molecule has 2 saturated carbocycles. The summed E-state index contributed by atoms with van der Waals surface area (Å²) in [6.45, 7) is 15.8. The lowest BCUT2D eigenvalue weighted by atomic mass is 9.86. The standard InChI is InChI=1S/C28H36N6O4.C17H20ClN3O2.C11H17N3O2/c1-18-14-20(6-7-21(18)15-30-27(36)38-28(2,3)4)24-12-13-29-26(33-24)32-22-16-31-34(17-22)23-10-8-19(9-11-23)25(35)37-5;1-11-9-12(14-7-8-19-15(18)21-14)5-6-13(11)10-20-16(22)23-17(2,3)4;1-16-11(15)8-2-4-10(5-3-8)14-7-9(12)6-13-14/h6-7,12-14,16-17,19,23H,8-11,15H2,1-5H3,(H,30,36)(H,29,32,33);5-9H,10H2,1-4H3,(H,20,22);6-8,10H,2-5,12H2,1H3. The highest BCUT2D eigenvalue weighted by Gasteiger charge is 2.29. The number of methoxy groups -OCH3 is 2. The molecule has 4 heterocycles. The Kier molecular flexibility index (Phi) is 20.5. The van der Waals surface area contributed by atoms with Gasteiger partial charge in [-0.05, 0) is 165 Å². The number of alkyl carbamates (subject to hydrolysis) is 2. The van der Waals surface area contributed by atoms with E-state index < -0.39 is 23.4 Å². The Hall–Kier alpha value is -7.61. The third-order valence-corrected chi connectivity index (χ3v) is 13.1. The summed E-state index contributed by atoms with van der Waals surface area (Å²) in [5, 5.41) is 17.7. The molecular formula is C56H73ClN12O8. The van der Waals surface area contributed by atoms with Crippen molar-refractivity contribution in [3.8, 4) is 22.5 Å². The number of carbonyl (C=O) groups excluding carboxylic acids is 4. The van der Waals surface area contributed by atoms with Crippen molar-refractivity contribution in [1.29, 1.82) is 0 Å². The molecule has 6 aromatic rings. The number of benzene rings is 2. The molecule has 2 amide bonds. The predicted octanol–water partition coefficient (Wildman–Crippen LogP) is 10.8. The molecule has 5 N–H and O–H groups in total. The van der Waals surface area contributed by atoms with Gasteiger partial charge >= 0.3 is 24.1 Å². The molecule has 0 unspecified atom stereocenters. The zero-order chi connectivity index (χ0) is 55.9. The number of carbonyl (C=O) groups is 4. The molecule has 2 aliphatic carbocycles. The number of halogens is 1. The molecule has 20 nitrogen and oxygen atoms in total. The average Bonchev–Trinajstić information content (AvgIpc) is 4.06. The molecule has 77 heavy (non-hydrogen) atoms. The van der Waals surface area contributed by atoms with Crippen LogP contribution in [0.1, 0.15) is 127 Å². The summed E-state index contributed by atoms with van der Waals surface area (Å²) in [5.41, 5.74) is 13.6. The second kappa shape index (κ2) is 26.9. The van der Waals surface area contributed by atoms with Crippen LogP contribution in [0.2, 0.25) is 5.28 Å². The number of aromatic nitrogens is 8. The van der Waals surface area contributed by atoms with Gasteiger partial charge in [0.2, 0.25) is 11.2 Å². The van der Waals surface area contributed by atoms with Crippen LogP contribution in [0.5, 0.6) is 0 Å². The van der Waals surface area contributed by atoms with Crippen molar-refractivity contribution in [2.45, 2.75) is 143 Å². The minimum atomic E-state index is -0.536. The fourth-order valence-electron chi connectivity index (χ4n) is 8.91. The van der Waals surface area contributed by atoms with Crippen LogP contribution in [0.15, 0.2) is 85.7 Å². The molecule has 0 spiro atoms. The number of hydrogen-bond acceptors (Lipinski definition) is 16. The summed E-state index contributed by atoms with van der Waals surface area (Å²) in [4.78, 5) is 63.9. The van der Waals surface area contributed by atoms with E-state index in [4.69, 9.17) is 36.3 Å². The van der Waals surface area contributed by atoms with Crippen LogP contribution in [0, 0.1) is 25.7 Å². The van der Waals surface area contributed by atoms with Crippen molar-refractivity contribution in [1.82, 2.24) is 50.1 Å². The van der Waals surface area contributed by atoms with Gasteiger partial charge in [0.15, 0.2) is 0 Å². The van der Waals surface area contributed by atoms with Crippen LogP contribution < -0.4 is 21.7 Å². The first kappa shape index (κ1) is 58.6. The number of hydrogen-bond donors (Lipinski definition) is 4. The van der Waals surface area contributed by atoms with E-state index in [0.29, 0.717) is 30.8 Å². The molecule has 0 atom stereocenters. The van der Waals surface area contributed by atoms with E-state index in [9.17, 15) is 19.2 Å². The number of nitrogens with one attached hydrogen (secondary N) is 3. The van der Waals surface area contributed by atoms with E-state index in [1.807, 2.05) is 120 Å². The van der Waals surface area contributed by atoms with Gasteiger partial charge in [-0.15, -0.1) is 0 Å². The van der Waals surface area contributed by atoms with Gasteiger partial charge in [-0.3, -0.25) is 19.0 Å². The van der Waals surface area contributed by atoms with Crippen molar-refractivity contribution in [3.05, 3.63) is 113 Å². The summed E-state index contributed by atoms with van der Waals surface area (Å²) in [5.74, 6) is 0.322. The van der Waals surface area contributed by atoms with E-state index in [-0.39, 0.29) is 35.1 Å². The first-order valence-corrected chi connectivity index (χ1v) is 26.2. The Morgan fingerprint density at radius 3 is 1.52 bits per heavy atom. The van der Waals surface area contributed by atoms with Gasteiger partial charge < -0.3 is 40.6 Å². The third kappa shape index (κ3) is 18.3. The van der Waals surface area contributed by atoms with Crippen molar-refractivity contribution >= 4 is 53.0 Å². The number of amides is 2. The Labute approximate surface area is 455 Å². The topological polar surface area (TPSA) is 255 Å². The number of nitrogens with zero attached hydrogens (tertiary/aromatic N) is 8. The highest BCUT2D eigenvalue weighted by molar-refractivity contribution is 6.28. The fraction of sp³-hybridized carbons (Fsp3) is 0.464. The second-order valence-electron chi connectivity index (χ2n) is 21.1. The first-order chi connectivity index (χ1) is 36.6. The first-order valence-electron chi connectivity index (χ1n) is 25.8. The smallest absolute Gasteiger partial charge is 0.407 e. The summed E-state index contributed by atoms with van der Waals surface area (Å²) >= 11 is 5.82. The van der Waals surface area contributed by atoms with Crippen LogP contribution in [0.4, 0.5) is 26.9 Å². The Morgan fingerprint density at radius 1 is 0.636 bits per heavy atom. The highest BCUT2D eigenvalue weighted by atomic mass is 35.5. The van der Waals surface area contributed by atoms with Crippen molar-refractivity contribution < 1.29 is 38.1 Å². The molecule has 2 aromatic carbocycles. The van der Waals surface area contributed by atoms with E-state index in [1.165, 1.54) is 14.2 Å². The number of ether oxygens (including phenoxy) is 4. The number of anilines is 3. The van der Waals surface area contributed by atoms with E-state index >= 15 is 0 Å². The normalized spacial score (nSPS) is 17.2. The molecule has 0 radical (unpaired) electrons. The predicted molar refractivity (Wildman–Crippen MR) is 294 cm³/mol. The maximum atomic E-state index is 12.0. The van der Waals surface area contributed by atoms with Gasteiger partial charge in [0.1, 0.15) is 11.2 Å². The van der Waals surface area contributed by atoms with E-state index in [2.05, 4.69) is 46.1 Å². The molecular weight excluding hydrogens is 1000 g/mol. The molecule has 4 aromatic heterocycles. The lowest BCUT2D eigenvalue weighted by molar-refractivity contribution is -0.147. The van der Waals surface area contributed by atoms with Crippen LogP contribution in [0.3, 0.4) is 0 Å². The highest BCUT2D eigenvalue weighted by Crippen LogP contribution is 2.34. The zero-order valence-corrected chi connectivity index (χ0v) is 46.5. The van der Waals surface area contributed by atoms with Gasteiger partial charge in [0.05, 0.1) is 73.3 Å². The third-order valence-electron chi connectivity index (χ3n) is 12.9. The summed E-state index contributed by atoms with van der Waals surface area (Å²) in [6.07, 6.45) is 16.7. The molecule has 8 rings (SSSR count). The number of rotatable bonds is 12. The van der Waals surface area contributed by atoms with Gasteiger partial charge in [-0.1, -0.05) is 24.3 Å². The van der Waals surface area contributed by atoms with Gasteiger partial charge in [0, 0.05) is 49.0 Å². The maximum Gasteiger partial charge on any atom is 0.407 e. The summed E-state index contributed by atoms with van der Waals surface area (Å²) < 4.78 is 24.0. The van der Waals surface area contributed by atoms with Crippen molar-refractivity contribution in [2.75, 3.05) is 25.3 Å². The van der Waals surface area contributed by atoms with Crippen molar-refractivity contribution in [2.24, 2.45) is 11.8 Å². The molecule has 2 fully saturated rings. The molecule has 0 saturated heterocycles. The average molecular weight is 1080 g/mol. The lowest BCUT2D eigenvalue weighted by Crippen LogP contribution is -2.32. The van der Waals surface area contributed by atoms with Crippen LogP contribution in [-0.4, -0.2) is 89.0 Å². The van der Waals surface area contributed by atoms with Crippen LogP contribution in [0.25, 0.3) is 22.5 Å². The number of nitrogens with two attached hydrogens (primary N) is 1. The van der Waals surface area contributed by atoms with Crippen LogP contribution in [-0.2, 0) is 41.6 Å². The van der Waals surface area contributed by atoms with Gasteiger partial charge in [-0.2, -0.15) is 10.2 Å². The number of esters is 2. The minimum absolute atomic E-state index is 0.0144. The molecule has 0 bridgehead atoms. The minimum Gasteiger partial charge on any atom is -0.469 e. The number of aryl methyl sites for hydroxylation is 2. The van der Waals surface area contributed by atoms with E-state index in [0.717, 1.165) is 102 Å². The molecule has 0 aliphatic heterocycles. The SMILES string of the molecule is COC(=O)C1CCC(n2cc(N)cn2)CC1.COC(=O)C1CCC(n2cc(Nc3nccc(-c4ccc(CNC(=O)OC(C)(C)C)c(C)c4)n3)cn2)CC1.Cc1cc(-c2ccnc(Cl)n2)ccc1CNC(=O)OC(C)(C)C. The Bertz CT molecular complexity index is 2930. The Morgan fingerprint density at radius 2 is 1.09 bits per heavy atom. The molecule has 2 aliphatic rings. The van der Waals surface area contributed by atoms with Gasteiger partial charge in [0.25, 0.3) is 0 Å². The zero-order valence-electron chi connectivity index (χ0n) is 45.8. The Balaban J connectivity index is 0.000000208. The quantitative estimate of drug-likeness (QED) is 0.0505. The van der Waals surface area contributed by atoms with Crippen LogP contribution >= 0.6 is 11.6 Å². The summed E-state index contributed by atoms with van der Waals surface area (Å²) in [6, 6.07) is 16.2. The van der Waals surface area contributed by atoms with E-state index in [1.54, 1.807) is 30.9 Å². The van der Waals surface area contributed by atoms with Gasteiger partial charge in [-0.25, -0.2) is 29.5 Å². The molecule has 21 heteroatoms. The lowest BCUT2D eigenvalue weighted by Gasteiger charge is -2.26. The molecule has 412 valence electrons. The number of nitrogen functional groups attached to an aromatic ring is 1. The second-order valence-corrected chi connectivity index (χ2v) is 21.5. The van der Waals surface area contributed by atoms with Crippen molar-refractivity contribution in [3.63, 3.8) is 0 Å². The largest absolute Gasteiger partial charge is 0.469 e.